The summed E-state index contributed by atoms with van der Waals surface area (Å²) in [5.41, 5.74) is 0.337. The van der Waals surface area contributed by atoms with E-state index in [4.69, 9.17) is 9.47 Å². The van der Waals surface area contributed by atoms with E-state index in [1.54, 1.807) is 36.0 Å². The fraction of sp³-hybridized carbons (Fsp3) is 0.357. The first-order chi connectivity index (χ1) is 18.9. The van der Waals surface area contributed by atoms with E-state index in [1.807, 2.05) is 30.3 Å². The van der Waals surface area contributed by atoms with Crippen molar-refractivity contribution >= 4 is 35.5 Å². The van der Waals surface area contributed by atoms with E-state index >= 15 is 0 Å². The van der Waals surface area contributed by atoms with Gasteiger partial charge in [0, 0.05) is 24.4 Å². The lowest BCUT2D eigenvalue weighted by atomic mass is 10.1. The second-order valence-electron chi connectivity index (χ2n) is 9.12. The molecule has 11 heteroatoms. The molecule has 2 aliphatic rings. The van der Waals surface area contributed by atoms with Gasteiger partial charge in [-0.2, -0.15) is 0 Å². The molecule has 10 nitrogen and oxygen atoms in total. The molecule has 206 valence electrons. The molecule has 2 aliphatic heterocycles. The number of carbonyl (C=O) groups is 4. The van der Waals surface area contributed by atoms with Crippen molar-refractivity contribution in [1.29, 1.82) is 0 Å². The third-order valence-electron chi connectivity index (χ3n) is 6.37. The number of esters is 1. The van der Waals surface area contributed by atoms with Crippen LogP contribution in [0.25, 0.3) is 0 Å². The maximum atomic E-state index is 12.9. The summed E-state index contributed by atoms with van der Waals surface area (Å²) in [6.45, 7) is 0.501. The van der Waals surface area contributed by atoms with E-state index in [0.29, 0.717) is 30.1 Å². The van der Waals surface area contributed by atoms with Crippen molar-refractivity contribution in [3.05, 3.63) is 60.2 Å². The summed E-state index contributed by atoms with van der Waals surface area (Å²) in [6, 6.07) is 11.7. The third-order valence-corrected chi connectivity index (χ3v) is 7.48. The number of hydrogen-bond acceptors (Lipinski definition) is 8. The van der Waals surface area contributed by atoms with Crippen molar-refractivity contribution in [2.75, 3.05) is 33.4 Å². The minimum absolute atomic E-state index is 0.146. The predicted octanol–water partition coefficient (Wildman–Crippen LogP) is 3.50. The number of rotatable bonds is 11. The molecule has 2 N–H and O–H groups in total. The highest BCUT2D eigenvalue weighted by Gasteiger charge is 2.39. The van der Waals surface area contributed by atoms with E-state index in [0.717, 1.165) is 9.79 Å². The van der Waals surface area contributed by atoms with Crippen LogP contribution in [0, 0.1) is 5.92 Å². The van der Waals surface area contributed by atoms with Crippen LogP contribution in [0.4, 0.5) is 0 Å². The van der Waals surface area contributed by atoms with E-state index < -0.39 is 23.8 Å². The number of amides is 2. The zero-order valence-corrected chi connectivity index (χ0v) is 22.3. The summed E-state index contributed by atoms with van der Waals surface area (Å²) in [6.07, 6.45) is 4.70. The molecule has 0 aliphatic carbocycles. The van der Waals surface area contributed by atoms with Crippen LogP contribution in [-0.2, 0) is 23.9 Å². The lowest BCUT2D eigenvalue weighted by Gasteiger charge is -2.22. The molecule has 1 unspecified atom stereocenters. The summed E-state index contributed by atoms with van der Waals surface area (Å²) < 4.78 is 16.1. The number of benzene rings is 2. The maximum Gasteiger partial charge on any atom is 0.326 e. The number of nitrogens with one attached hydrogen (secondary N) is 1. The molecule has 4 rings (SSSR count). The van der Waals surface area contributed by atoms with Crippen LogP contribution in [0.5, 0.6) is 11.5 Å². The number of carboxylic acids is 1. The zero-order valence-electron chi connectivity index (χ0n) is 21.5. The molecular weight excluding hydrogens is 524 g/mol. The predicted molar refractivity (Wildman–Crippen MR) is 142 cm³/mol. The Morgan fingerprint density at radius 1 is 1.13 bits per heavy atom. The van der Waals surface area contributed by atoms with Crippen LogP contribution in [0.15, 0.2) is 64.4 Å². The zero-order chi connectivity index (χ0) is 27.8. The summed E-state index contributed by atoms with van der Waals surface area (Å²) in [4.78, 5) is 51.7. The molecule has 2 atom stereocenters. The summed E-state index contributed by atoms with van der Waals surface area (Å²) in [7, 11) is 1.34. The van der Waals surface area contributed by atoms with E-state index in [2.05, 4.69) is 10.1 Å². The van der Waals surface area contributed by atoms with Gasteiger partial charge in [0.1, 0.15) is 17.5 Å². The third kappa shape index (κ3) is 7.39. The van der Waals surface area contributed by atoms with Crippen molar-refractivity contribution in [2.45, 2.75) is 35.1 Å². The van der Waals surface area contributed by atoms with Crippen molar-refractivity contribution in [3.63, 3.8) is 0 Å². The van der Waals surface area contributed by atoms with E-state index in [9.17, 15) is 24.3 Å². The summed E-state index contributed by atoms with van der Waals surface area (Å²) >= 11 is 1.55. The van der Waals surface area contributed by atoms with Gasteiger partial charge in [-0.1, -0.05) is 36.0 Å². The number of carbonyl (C=O) groups excluding carboxylic acids is 3. The highest BCUT2D eigenvalue weighted by atomic mass is 32.2. The van der Waals surface area contributed by atoms with Crippen LogP contribution in [0.3, 0.4) is 0 Å². The number of para-hydroxylation sites is 1. The number of methoxy groups -OCH3 is 1. The van der Waals surface area contributed by atoms with Crippen LogP contribution in [-0.4, -0.2) is 73.2 Å². The first-order valence-corrected chi connectivity index (χ1v) is 13.4. The molecule has 0 spiro atoms. The Morgan fingerprint density at radius 3 is 2.72 bits per heavy atom. The average molecular weight is 555 g/mol. The first-order valence-electron chi connectivity index (χ1n) is 12.5. The molecule has 2 heterocycles. The second-order valence-corrected chi connectivity index (χ2v) is 10.2. The Labute approximate surface area is 230 Å². The van der Waals surface area contributed by atoms with Gasteiger partial charge in [-0.25, -0.2) is 4.79 Å². The highest BCUT2D eigenvalue weighted by Crippen LogP contribution is 2.46. The lowest BCUT2D eigenvalue weighted by Crippen LogP contribution is -2.45. The number of carboxylic acid groups (broad SMARTS) is 1. The average Bonchev–Trinajstić information content (AvgIpc) is 3.38. The molecule has 0 aromatic heterocycles. The number of likely N-dealkylation sites (tertiary alicyclic amines) is 1. The largest absolute Gasteiger partial charge is 0.480 e. The number of ether oxygens (including phenoxy) is 3. The number of allylic oxidation sites excluding steroid dienone is 1. The molecule has 2 aromatic carbocycles. The molecule has 0 saturated carbocycles. The van der Waals surface area contributed by atoms with E-state index in [1.165, 1.54) is 12.0 Å². The number of aliphatic carboxylic acids is 1. The quantitative estimate of drug-likeness (QED) is 0.208. The van der Waals surface area contributed by atoms with Crippen molar-refractivity contribution in [3.8, 4) is 11.5 Å². The van der Waals surface area contributed by atoms with Gasteiger partial charge >= 0.3 is 11.9 Å². The lowest BCUT2D eigenvalue weighted by molar-refractivity contribution is -0.147. The van der Waals surface area contributed by atoms with Gasteiger partial charge in [0.2, 0.25) is 5.91 Å². The van der Waals surface area contributed by atoms with Gasteiger partial charge in [0.15, 0.2) is 0 Å². The normalized spacial score (nSPS) is 17.7. The molecule has 1 saturated heterocycles. The Hall–Kier alpha value is -3.83. The molecule has 2 amide bonds. The SMILES string of the molecule is COC(=O)CC/C=C/COCC1C[C@@H](C(=O)O)N(C(=O)CNC(=O)c2ccc3c(c2)Oc2ccccc2S3)C1. The van der Waals surface area contributed by atoms with Crippen molar-refractivity contribution in [2.24, 2.45) is 5.92 Å². The van der Waals surface area contributed by atoms with Gasteiger partial charge in [0.05, 0.1) is 36.7 Å². The second kappa shape index (κ2) is 13.3. The monoisotopic (exact) mass is 554 g/mol. The van der Waals surface area contributed by atoms with Gasteiger partial charge in [0.25, 0.3) is 5.91 Å². The Balaban J connectivity index is 1.25. The summed E-state index contributed by atoms with van der Waals surface area (Å²) in [5.74, 6) is -1.18. The topological polar surface area (TPSA) is 131 Å². The van der Waals surface area contributed by atoms with E-state index in [-0.39, 0.29) is 44.4 Å². The fourth-order valence-electron chi connectivity index (χ4n) is 4.37. The smallest absolute Gasteiger partial charge is 0.326 e. The minimum Gasteiger partial charge on any atom is -0.480 e. The van der Waals surface area contributed by atoms with Gasteiger partial charge in [-0.05, 0) is 43.2 Å². The standard InChI is InChI=1S/C28H30N2O8S/c1-36-26(32)9-3-2-6-12-37-17-18-13-20(28(34)35)30(16-18)25(31)15-29-27(33)19-10-11-24-22(14-19)38-21-7-4-5-8-23(21)39-24/h2,4-8,10-11,14,18,20H,3,9,12-13,15-17H2,1H3,(H,29,33)(H,34,35)/b6-2+/t18?,20-/m0/s1. The van der Waals surface area contributed by atoms with Crippen LogP contribution in [0.2, 0.25) is 0 Å². The maximum absolute atomic E-state index is 12.9. The molecule has 0 radical (unpaired) electrons. The first kappa shape index (κ1) is 28.2. The Bertz CT molecular complexity index is 1260. The molecular formula is C28H30N2O8S. The molecule has 2 aromatic rings. The number of hydrogen-bond donors (Lipinski definition) is 2. The number of nitrogens with zero attached hydrogens (tertiary/aromatic N) is 1. The number of fused-ring (bicyclic) bond motifs is 2. The fourth-order valence-corrected chi connectivity index (χ4v) is 5.31. The summed E-state index contributed by atoms with van der Waals surface area (Å²) in [5, 5.41) is 12.2. The Kier molecular flexibility index (Phi) is 9.61. The molecule has 1 fully saturated rings. The van der Waals surface area contributed by atoms with Crippen molar-refractivity contribution in [1.82, 2.24) is 10.2 Å². The minimum atomic E-state index is -1.09. The highest BCUT2D eigenvalue weighted by molar-refractivity contribution is 7.99. The van der Waals surface area contributed by atoms with Crippen molar-refractivity contribution < 1.29 is 38.5 Å². The van der Waals surface area contributed by atoms with Gasteiger partial charge in [-0.3, -0.25) is 14.4 Å². The molecule has 39 heavy (non-hydrogen) atoms. The Morgan fingerprint density at radius 2 is 1.92 bits per heavy atom. The van der Waals surface area contributed by atoms with Crippen LogP contribution >= 0.6 is 11.8 Å². The van der Waals surface area contributed by atoms with Crippen LogP contribution < -0.4 is 10.1 Å². The van der Waals surface area contributed by atoms with Crippen LogP contribution in [0.1, 0.15) is 29.6 Å². The molecule has 0 bridgehead atoms. The van der Waals surface area contributed by atoms with Gasteiger partial charge in [-0.15, -0.1) is 0 Å². The van der Waals surface area contributed by atoms with Gasteiger partial charge < -0.3 is 29.5 Å².